The van der Waals surface area contributed by atoms with Crippen molar-refractivity contribution in [3.63, 3.8) is 0 Å². The predicted molar refractivity (Wildman–Crippen MR) is 60.8 cm³/mol. The highest BCUT2D eigenvalue weighted by Crippen LogP contribution is 2.40. The first-order valence-corrected chi connectivity index (χ1v) is 5.30. The summed E-state index contributed by atoms with van der Waals surface area (Å²) in [5, 5.41) is 9.69. The van der Waals surface area contributed by atoms with E-state index >= 15 is 0 Å². The van der Waals surface area contributed by atoms with Crippen LogP contribution in [0.5, 0.6) is 5.75 Å². The molecule has 1 saturated carbocycles. The molecule has 3 nitrogen and oxygen atoms in total. The number of hydrogen-bond acceptors (Lipinski definition) is 3. The van der Waals surface area contributed by atoms with Gasteiger partial charge in [0.15, 0.2) is 0 Å². The molecule has 0 amide bonds. The third kappa shape index (κ3) is 2.30. The Morgan fingerprint density at radius 3 is 2.67 bits per heavy atom. The zero-order chi connectivity index (χ0) is 11.0. The first kappa shape index (κ1) is 10.5. The summed E-state index contributed by atoms with van der Waals surface area (Å²) >= 11 is 0. The standard InChI is InChI=1S/C12H18N2O/c1-14(2)7-9-5-8(3-4-12(9)15)10-6-11(10)13/h3-5,10-11,15H,6-7,13H2,1-2H3/t10-,11+/m0/s1. The number of rotatable bonds is 3. The number of hydrogen-bond donors (Lipinski definition) is 2. The average Bonchev–Trinajstić information content (AvgIpc) is 2.86. The van der Waals surface area contributed by atoms with Crippen LogP contribution >= 0.6 is 0 Å². The molecule has 0 unspecified atom stereocenters. The third-order valence-corrected chi connectivity index (χ3v) is 2.86. The topological polar surface area (TPSA) is 49.5 Å². The van der Waals surface area contributed by atoms with Gasteiger partial charge in [-0.2, -0.15) is 0 Å². The molecule has 0 saturated heterocycles. The third-order valence-electron chi connectivity index (χ3n) is 2.86. The average molecular weight is 206 g/mol. The number of aromatic hydroxyl groups is 1. The molecule has 3 heteroatoms. The van der Waals surface area contributed by atoms with E-state index in [9.17, 15) is 5.11 Å². The lowest BCUT2D eigenvalue weighted by Gasteiger charge is -2.12. The van der Waals surface area contributed by atoms with E-state index in [0.717, 1.165) is 18.5 Å². The lowest BCUT2D eigenvalue weighted by molar-refractivity contribution is 0.385. The Labute approximate surface area is 90.5 Å². The van der Waals surface area contributed by atoms with Gasteiger partial charge in [0.05, 0.1) is 0 Å². The second kappa shape index (κ2) is 3.83. The Morgan fingerprint density at radius 1 is 1.47 bits per heavy atom. The van der Waals surface area contributed by atoms with Crippen molar-refractivity contribution in [2.45, 2.75) is 24.9 Å². The Hall–Kier alpha value is -1.06. The summed E-state index contributed by atoms with van der Waals surface area (Å²) < 4.78 is 0. The molecular weight excluding hydrogens is 188 g/mol. The molecule has 0 spiro atoms. The molecule has 1 aromatic carbocycles. The van der Waals surface area contributed by atoms with Crippen LogP contribution in [0, 0.1) is 0 Å². The van der Waals surface area contributed by atoms with E-state index in [1.807, 2.05) is 25.1 Å². The fourth-order valence-electron chi connectivity index (χ4n) is 1.90. The Balaban J connectivity index is 2.21. The Kier molecular flexibility index (Phi) is 2.67. The minimum absolute atomic E-state index is 0.321. The molecule has 0 bridgehead atoms. The van der Waals surface area contributed by atoms with Crippen LogP contribution in [-0.4, -0.2) is 30.1 Å². The van der Waals surface area contributed by atoms with Crippen LogP contribution < -0.4 is 5.73 Å². The van der Waals surface area contributed by atoms with Gasteiger partial charge in [-0.3, -0.25) is 0 Å². The molecule has 2 rings (SSSR count). The van der Waals surface area contributed by atoms with Crippen molar-refractivity contribution in [2.24, 2.45) is 5.73 Å². The van der Waals surface area contributed by atoms with Crippen molar-refractivity contribution in [2.75, 3.05) is 14.1 Å². The minimum atomic E-state index is 0.321. The Morgan fingerprint density at radius 2 is 2.13 bits per heavy atom. The maximum atomic E-state index is 9.69. The van der Waals surface area contributed by atoms with E-state index in [-0.39, 0.29) is 0 Å². The summed E-state index contributed by atoms with van der Waals surface area (Å²) in [6.45, 7) is 0.766. The monoisotopic (exact) mass is 206 g/mol. The van der Waals surface area contributed by atoms with Crippen LogP contribution in [0.15, 0.2) is 18.2 Å². The van der Waals surface area contributed by atoms with E-state index in [1.165, 1.54) is 5.56 Å². The highest BCUT2D eigenvalue weighted by Gasteiger charge is 2.34. The first-order valence-electron chi connectivity index (χ1n) is 5.30. The maximum Gasteiger partial charge on any atom is 0.120 e. The van der Waals surface area contributed by atoms with Crippen molar-refractivity contribution < 1.29 is 5.11 Å². The highest BCUT2D eigenvalue weighted by molar-refractivity contribution is 5.40. The lowest BCUT2D eigenvalue weighted by atomic mass is 10.1. The van der Waals surface area contributed by atoms with Gasteiger partial charge in [-0.25, -0.2) is 0 Å². The molecule has 0 aromatic heterocycles. The molecule has 2 atom stereocenters. The molecule has 1 aliphatic carbocycles. The number of benzene rings is 1. The molecule has 0 radical (unpaired) electrons. The van der Waals surface area contributed by atoms with Crippen molar-refractivity contribution in [3.8, 4) is 5.75 Å². The second-order valence-corrected chi connectivity index (χ2v) is 4.63. The second-order valence-electron chi connectivity index (χ2n) is 4.63. The van der Waals surface area contributed by atoms with Crippen LogP contribution in [-0.2, 0) is 6.54 Å². The van der Waals surface area contributed by atoms with Gasteiger partial charge >= 0.3 is 0 Å². The largest absolute Gasteiger partial charge is 0.508 e. The van der Waals surface area contributed by atoms with Gasteiger partial charge in [0.2, 0.25) is 0 Å². The van der Waals surface area contributed by atoms with Gasteiger partial charge in [0, 0.05) is 24.1 Å². The van der Waals surface area contributed by atoms with Crippen LogP contribution in [0.2, 0.25) is 0 Å². The van der Waals surface area contributed by atoms with Gasteiger partial charge in [-0.05, 0) is 32.1 Å². The van der Waals surface area contributed by atoms with Gasteiger partial charge in [-0.1, -0.05) is 12.1 Å². The maximum absolute atomic E-state index is 9.69. The molecule has 1 fully saturated rings. The van der Waals surface area contributed by atoms with Crippen molar-refractivity contribution in [1.29, 1.82) is 0 Å². The minimum Gasteiger partial charge on any atom is -0.508 e. The van der Waals surface area contributed by atoms with E-state index in [4.69, 9.17) is 5.73 Å². The summed E-state index contributed by atoms with van der Waals surface area (Å²) in [5.41, 5.74) is 8.06. The zero-order valence-corrected chi connectivity index (χ0v) is 9.27. The van der Waals surface area contributed by atoms with E-state index in [0.29, 0.717) is 17.7 Å². The van der Waals surface area contributed by atoms with Gasteiger partial charge in [-0.15, -0.1) is 0 Å². The summed E-state index contributed by atoms with van der Waals surface area (Å²) in [6.07, 6.45) is 1.08. The number of phenols is 1. The molecule has 1 aromatic rings. The Bertz CT molecular complexity index is 363. The first-order chi connectivity index (χ1) is 7.08. The molecule has 0 aliphatic heterocycles. The summed E-state index contributed by atoms with van der Waals surface area (Å²) in [5.74, 6) is 0.883. The quantitative estimate of drug-likeness (QED) is 0.783. The van der Waals surface area contributed by atoms with Gasteiger partial charge < -0.3 is 15.7 Å². The van der Waals surface area contributed by atoms with Crippen LogP contribution in [0.3, 0.4) is 0 Å². The normalized spacial score (nSPS) is 24.5. The van der Waals surface area contributed by atoms with E-state index in [2.05, 4.69) is 6.07 Å². The molecule has 82 valence electrons. The molecular formula is C12H18N2O. The smallest absolute Gasteiger partial charge is 0.120 e. The van der Waals surface area contributed by atoms with E-state index in [1.54, 1.807) is 6.07 Å². The predicted octanol–water partition coefficient (Wildman–Crippen LogP) is 1.27. The lowest BCUT2D eigenvalue weighted by Crippen LogP contribution is -2.11. The van der Waals surface area contributed by atoms with Gasteiger partial charge in [0.1, 0.15) is 5.75 Å². The number of phenolic OH excluding ortho intramolecular Hbond substituents is 1. The molecule has 3 N–H and O–H groups in total. The summed E-state index contributed by atoms with van der Waals surface area (Å²) in [4.78, 5) is 2.05. The number of nitrogens with two attached hydrogens (primary N) is 1. The van der Waals surface area contributed by atoms with Crippen LogP contribution in [0.4, 0.5) is 0 Å². The molecule has 0 heterocycles. The van der Waals surface area contributed by atoms with Crippen LogP contribution in [0.25, 0.3) is 0 Å². The van der Waals surface area contributed by atoms with Crippen molar-refractivity contribution in [3.05, 3.63) is 29.3 Å². The molecule has 15 heavy (non-hydrogen) atoms. The summed E-state index contributed by atoms with van der Waals surface area (Å²) in [6, 6.07) is 6.15. The van der Waals surface area contributed by atoms with Crippen LogP contribution in [0.1, 0.15) is 23.5 Å². The SMILES string of the molecule is CN(C)Cc1cc([C@@H]2C[C@H]2N)ccc1O. The van der Waals surface area contributed by atoms with Gasteiger partial charge in [0.25, 0.3) is 0 Å². The zero-order valence-electron chi connectivity index (χ0n) is 9.27. The van der Waals surface area contributed by atoms with Crippen molar-refractivity contribution >= 4 is 0 Å². The number of nitrogens with zero attached hydrogens (tertiary/aromatic N) is 1. The highest BCUT2D eigenvalue weighted by atomic mass is 16.3. The van der Waals surface area contributed by atoms with E-state index < -0.39 is 0 Å². The fraction of sp³-hybridized carbons (Fsp3) is 0.500. The summed E-state index contributed by atoms with van der Waals surface area (Å²) in [7, 11) is 3.99. The van der Waals surface area contributed by atoms with Crippen molar-refractivity contribution in [1.82, 2.24) is 4.90 Å². The fourth-order valence-corrected chi connectivity index (χ4v) is 1.90. The molecule has 1 aliphatic rings.